The van der Waals surface area contributed by atoms with E-state index in [0.717, 1.165) is 17.7 Å². The van der Waals surface area contributed by atoms with Crippen LogP contribution in [-0.2, 0) is 4.79 Å². The number of aromatic nitrogens is 2. The van der Waals surface area contributed by atoms with Crippen LogP contribution in [0.1, 0.15) is 49.5 Å². The van der Waals surface area contributed by atoms with Crippen molar-refractivity contribution in [3.05, 3.63) is 35.7 Å². The van der Waals surface area contributed by atoms with Crippen molar-refractivity contribution >= 4 is 23.7 Å². The fourth-order valence-corrected chi connectivity index (χ4v) is 3.44. The number of nitrogens with zero attached hydrogens (tertiary/aromatic N) is 2. The molecule has 5 nitrogen and oxygen atoms in total. The number of carbonyl (C=O) groups excluding carboxylic acids is 1. The minimum absolute atomic E-state index is 0.130. The Labute approximate surface area is 140 Å². The van der Waals surface area contributed by atoms with Gasteiger partial charge in [0.25, 0.3) is 0 Å². The Kier molecular flexibility index (Phi) is 5.33. The van der Waals surface area contributed by atoms with Gasteiger partial charge in [0.1, 0.15) is 0 Å². The Hall–Kier alpha value is -1.82. The Morgan fingerprint density at radius 1 is 1.22 bits per heavy atom. The van der Waals surface area contributed by atoms with Gasteiger partial charge in [-0.05, 0) is 31.9 Å². The van der Waals surface area contributed by atoms with Gasteiger partial charge < -0.3 is 4.42 Å². The van der Waals surface area contributed by atoms with Gasteiger partial charge in [-0.3, -0.25) is 10.1 Å². The molecule has 0 radical (unpaired) electrons. The molecule has 1 saturated carbocycles. The number of anilines is 1. The number of hydrogen-bond acceptors (Lipinski definition) is 5. The molecule has 1 aliphatic carbocycles. The van der Waals surface area contributed by atoms with E-state index in [0.29, 0.717) is 17.6 Å². The van der Waals surface area contributed by atoms with Crippen LogP contribution >= 0.6 is 11.8 Å². The standard InChI is InChI=1S/C17H21N3O2S/c1-12-7-9-14(10-8-12)23-11-15(21)18-17-20-19-16(22-17)13-5-3-2-4-6-13/h7-10,13H,2-6,11H2,1H3,(H,18,20,21). The fraction of sp³-hybridized carbons (Fsp3) is 0.471. The minimum atomic E-state index is -0.130. The second-order valence-electron chi connectivity index (χ2n) is 5.93. The Balaban J connectivity index is 1.49. The first kappa shape index (κ1) is 16.1. The first-order chi connectivity index (χ1) is 11.2. The summed E-state index contributed by atoms with van der Waals surface area (Å²) < 4.78 is 5.60. The van der Waals surface area contributed by atoms with Crippen LogP contribution in [0.15, 0.2) is 33.6 Å². The third-order valence-corrected chi connectivity index (χ3v) is 5.04. The topological polar surface area (TPSA) is 68.0 Å². The molecular formula is C17H21N3O2S. The van der Waals surface area contributed by atoms with Gasteiger partial charge in [-0.2, -0.15) is 0 Å². The lowest BCUT2D eigenvalue weighted by Gasteiger charge is -2.17. The van der Waals surface area contributed by atoms with E-state index < -0.39 is 0 Å². The van der Waals surface area contributed by atoms with E-state index in [1.165, 1.54) is 36.6 Å². The molecule has 1 aliphatic rings. The second kappa shape index (κ2) is 7.64. The van der Waals surface area contributed by atoms with Crippen LogP contribution in [0, 0.1) is 6.92 Å². The largest absolute Gasteiger partial charge is 0.408 e. The highest BCUT2D eigenvalue weighted by molar-refractivity contribution is 8.00. The number of amides is 1. The number of nitrogens with one attached hydrogen (secondary N) is 1. The van der Waals surface area contributed by atoms with Crippen LogP contribution in [0.2, 0.25) is 0 Å². The first-order valence-corrected chi connectivity index (χ1v) is 9.02. The van der Waals surface area contributed by atoms with Crippen LogP contribution in [0.5, 0.6) is 0 Å². The molecule has 1 aromatic heterocycles. The van der Waals surface area contributed by atoms with Crippen LogP contribution in [-0.4, -0.2) is 21.9 Å². The lowest BCUT2D eigenvalue weighted by Crippen LogP contribution is -2.14. The minimum Gasteiger partial charge on any atom is -0.408 e. The molecule has 0 aliphatic heterocycles. The third-order valence-electron chi connectivity index (χ3n) is 4.03. The van der Waals surface area contributed by atoms with Gasteiger partial charge in [0.05, 0.1) is 5.75 Å². The highest BCUT2D eigenvalue weighted by Crippen LogP contribution is 2.32. The highest BCUT2D eigenvalue weighted by atomic mass is 32.2. The van der Waals surface area contributed by atoms with E-state index >= 15 is 0 Å². The van der Waals surface area contributed by atoms with E-state index in [1.54, 1.807) is 0 Å². The predicted molar refractivity (Wildman–Crippen MR) is 90.7 cm³/mol. The van der Waals surface area contributed by atoms with E-state index in [2.05, 4.69) is 15.5 Å². The molecule has 3 rings (SSSR count). The summed E-state index contributed by atoms with van der Waals surface area (Å²) in [6, 6.07) is 8.31. The van der Waals surface area contributed by atoms with Crippen LogP contribution in [0.3, 0.4) is 0 Å². The molecule has 6 heteroatoms. The lowest BCUT2D eigenvalue weighted by molar-refractivity contribution is -0.113. The molecule has 1 fully saturated rings. The molecule has 2 aromatic rings. The molecule has 0 spiro atoms. The monoisotopic (exact) mass is 331 g/mol. The highest BCUT2D eigenvalue weighted by Gasteiger charge is 2.21. The molecule has 0 atom stereocenters. The Morgan fingerprint density at radius 3 is 2.70 bits per heavy atom. The summed E-state index contributed by atoms with van der Waals surface area (Å²) in [5, 5.41) is 10.7. The molecular weight excluding hydrogens is 310 g/mol. The maximum absolute atomic E-state index is 12.0. The molecule has 1 N–H and O–H groups in total. The summed E-state index contributed by atoms with van der Waals surface area (Å²) in [4.78, 5) is 13.0. The number of thioether (sulfide) groups is 1. The third kappa shape index (κ3) is 4.58. The van der Waals surface area contributed by atoms with Crippen molar-refractivity contribution in [2.45, 2.75) is 49.8 Å². The smallest absolute Gasteiger partial charge is 0.322 e. The van der Waals surface area contributed by atoms with Gasteiger partial charge in [-0.25, -0.2) is 0 Å². The molecule has 0 saturated heterocycles. The Bertz CT molecular complexity index is 648. The zero-order valence-electron chi connectivity index (χ0n) is 13.2. The number of hydrogen-bond donors (Lipinski definition) is 1. The lowest BCUT2D eigenvalue weighted by atomic mass is 9.89. The SMILES string of the molecule is Cc1ccc(SCC(=O)Nc2nnc(C3CCCCC3)o2)cc1. The zero-order valence-corrected chi connectivity index (χ0v) is 14.1. The number of benzene rings is 1. The second-order valence-corrected chi connectivity index (χ2v) is 6.98. The summed E-state index contributed by atoms with van der Waals surface area (Å²) in [6.45, 7) is 2.04. The molecule has 122 valence electrons. The summed E-state index contributed by atoms with van der Waals surface area (Å²) in [5.74, 6) is 1.20. The van der Waals surface area contributed by atoms with E-state index in [1.807, 2.05) is 31.2 Å². The van der Waals surface area contributed by atoms with Gasteiger partial charge in [0.15, 0.2) is 0 Å². The van der Waals surface area contributed by atoms with Crippen molar-refractivity contribution in [1.82, 2.24) is 10.2 Å². The molecule has 1 heterocycles. The van der Waals surface area contributed by atoms with Crippen LogP contribution in [0.25, 0.3) is 0 Å². The molecule has 1 aromatic carbocycles. The maximum Gasteiger partial charge on any atom is 0.322 e. The first-order valence-electron chi connectivity index (χ1n) is 8.03. The molecule has 0 bridgehead atoms. The van der Waals surface area contributed by atoms with Crippen LogP contribution < -0.4 is 5.32 Å². The van der Waals surface area contributed by atoms with Gasteiger partial charge in [-0.15, -0.1) is 16.9 Å². The summed E-state index contributed by atoms with van der Waals surface area (Å²) in [7, 11) is 0. The molecule has 1 amide bonds. The average molecular weight is 331 g/mol. The summed E-state index contributed by atoms with van der Waals surface area (Å²) in [5.41, 5.74) is 1.21. The van der Waals surface area contributed by atoms with Crippen molar-refractivity contribution in [2.24, 2.45) is 0 Å². The van der Waals surface area contributed by atoms with Crippen molar-refractivity contribution < 1.29 is 9.21 Å². The van der Waals surface area contributed by atoms with Crippen molar-refractivity contribution in [3.63, 3.8) is 0 Å². The van der Waals surface area contributed by atoms with Gasteiger partial charge in [0.2, 0.25) is 11.8 Å². The van der Waals surface area contributed by atoms with E-state index in [9.17, 15) is 4.79 Å². The Morgan fingerprint density at radius 2 is 1.96 bits per heavy atom. The van der Waals surface area contributed by atoms with Gasteiger partial charge >= 0.3 is 6.01 Å². The van der Waals surface area contributed by atoms with Gasteiger partial charge in [0, 0.05) is 10.8 Å². The maximum atomic E-state index is 12.0. The normalized spacial score (nSPS) is 15.5. The molecule has 23 heavy (non-hydrogen) atoms. The number of carbonyl (C=O) groups is 1. The van der Waals surface area contributed by atoms with Crippen molar-refractivity contribution in [1.29, 1.82) is 0 Å². The predicted octanol–water partition coefficient (Wildman–Crippen LogP) is 4.16. The van der Waals surface area contributed by atoms with Crippen molar-refractivity contribution in [2.75, 3.05) is 11.1 Å². The average Bonchev–Trinajstić information content (AvgIpc) is 3.04. The van der Waals surface area contributed by atoms with Crippen molar-refractivity contribution in [3.8, 4) is 0 Å². The van der Waals surface area contributed by atoms with E-state index in [4.69, 9.17) is 4.42 Å². The quantitative estimate of drug-likeness (QED) is 0.833. The van der Waals surface area contributed by atoms with E-state index in [-0.39, 0.29) is 11.9 Å². The molecule has 0 unspecified atom stereocenters. The van der Waals surface area contributed by atoms with Crippen LogP contribution in [0.4, 0.5) is 6.01 Å². The van der Waals surface area contributed by atoms with Gasteiger partial charge in [-0.1, -0.05) is 42.1 Å². The number of rotatable bonds is 5. The summed E-state index contributed by atoms with van der Waals surface area (Å²) in [6.07, 6.45) is 5.89. The summed E-state index contributed by atoms with van der Waals surface area (Å²) >= 11 is 1.49. The number of aryl methyl sites for hydroxylation is 1. The fourth-order valence-electron chi connectivity index (χ4n) is 2.74. The zero-order chi connectivity index (χ0) is 16.1.